The topological polar surface area (TPSA) is 12.5 Å². The van der Waals surface area contributed by atoms with Gasteiger partial charge < -0.3 is 9.64 Å². The van der Waals surface area contributed by atoms with E-state index in [4.69, 9.17) is 17.0 Å². The number of hydrogen-bond acceptors (Lipinski definition) is 2. The van der Waals surface area contributed by atoms with Crippen LogP contribution in [0.5, 0.6) is 5.75 Å². The van der Waals surface area contributed by atoms with Crippen LogP contribution in [-0.2, 0) is 6.61 Å². The maximum Gasteiger partial charge on any atom is 0.130 e. The largest absolute Gasteiger partial charge is 0.488 e. The molecule has 2 nitrogen and oxygen atoms in total. The van der Waals surface area contributed by atoms with Crippen molar-refractivity contribution in [2.45, 2.75) is 26.4 Å². The Balaban J connectivity index is 1.77. The second kappa shape index (κ2) is 8.28. The Morgan fingerprint density at radius 2 is 2.00 bits per heavy atom. The third-order valence-corrected chi connectivity index (χ3v) is 5.50. The van der Waals surface area contributed by atoms with Crippen molar-refractivity contribution in [3.8, 4) is 5.75 Å². The molecule has 0 atom stereocenters. The van der Waals surface area contributed by atoms with Gasteiger partial charge in [0.15, 0.2) is 0 Å². The van der Waals surface area contributed by atoms with Crippen LogP contribution in [-0.4, -0.2) is 23.0 Å². The van der Waals surface area contributed by atoms with Gasteiger partial charge in [-0.05, 0) is 54.7 Å². The highest BCUT2D eigenvalue weighted by atomic mass is 79.9. The van der Waals surface area contributed by atoms with Gasteiger partial charge in [0.2, 0.25) is 0 Å². The molecule has 1 aliphatic rings. The van der Waals surface area contributed by atoms with E-state index in [1.807, 2.05) is 24.3 Å². The number of benzene rings is 2. The summed E-state index contributed by atoms with van der Waals surface area (Å²) >= 11 is 9.26. The van der Waals surface area contributed by atoms with E-state index >= 15 is 0 Å². The van der Waals surface area contributed by atoms with E-state index in [2.05, 4.69) is 27.8 Å². The van der Waals surface area contributed by atoms with Gasteiger partial charge in [-0.15, -0.1) is 0 Å². The summed E-state index contributed by atoms with van der Waals surface area (Å²) in [7, 11) is 0. The molecule has 1 saturated heterocycles. The van der Waals surface area contributed by atoms with E-state index < -0.39 is 0 Å². The third kappa shape index (κ3) is 4.79. The van der Waals surface area contributed by atoms with Crippen LogP contribution in [0.25, 0.3) is 0 Å². The van der Waals surface area contributed by atoms with Crippen molar-refractivity contribution in [3.05, 3.63) is 63.9 Å². The van der Waals surface area contributed by atoms with Crippen molar-refractivity contribution >= 4 is 33.1 Å². The summed E-state index contributed by atoms with van der Waals surface area (Å²) in [6.07, 6.45) is 2.32. The van der Waals surface area contributed by atoms with Gasteiger partial charge in [0.1, 0.15) is 23.2 Å². The minimum absolute atomic E-state index is 0.255. The average molecular weight is 422 g/mol. The van der Waals surface area contributed by atoms with Crippen molar-refractivity contribution in [1.82, 2.24) is 4.90 Å². The van der Waals surface area contributed by atoms with E-state index in [1.54, 1.807) is 6.07 Å². The first kappa shape index (κ1) is 18.3. The molecule has 0 spiro atoms. The van der Waals surface area contributed by atoms with E-state index in [0.29, 0.717) is 6.61 Å². The molecule has 3 rings (SSSR count). The lowest BCUT2D eigenvalue weighted by atomic mass is 9.99. The van der Waals surface area contributed by atoms with Gasteiger partial charge in [-0.2, -0.15) is 0 Å². The van der Waals surface area contributed by atoms with Crippen molar-refractivity contribution in [2.75, 3.05) is 13.1 Å². The Labute approximate surface area is 162 Å². The molecule has 1 aliphatic heterocycles. The first-order chi connectivity index (χ1) is 12.0. The maximum absolute atomic E-state index is 13.3. The summed E-state index contributed by atoms with van der Waals surface area (Å²) < 4.78 is 20.3. The van der Waals surface area contributed by atoms with E-state index in [9.17, 15) is 4.39 Å². The van der Waals surface area contributed by atoms with Gasteiger partial charge in [0.25, 0.3) is 0 Å². The summed E-state index contributed by atoms with van der Waals surface area (Å²) in [5, 5.41) is 0. The molecule has 132 valence electrons. The number of thiocarbonyl (C=S) groups is 1. The molecule has 0 radical (unpaired) electrons. The third-order valence-electron chi connectivity index (χ3n) is 4.53. The van der Waals surface area contributed by atoms with Crippen LogP contribution in [0.2, 0.25) is 0 Å². The SMILES string of the molecule is CC1CCN(C(=S)c2cc(Br)ccc2OCc2cccc(F)c2)CC1. The first-order valence-electron chi connectivity index (χ1n) is 8.49. The molecule has 25 heavy (non-hydrogen) atoms. The van der Waals surface area contributed by atoms with E-state index in [-0.39, 0.29) is 5.82 Å². The standard InChI is InChI=1S/C20H21BrFNOS/c1-14-7-9-23(10-8-14)20(25)18-12-16(21)5-6-19(18)24-13-15-3-2-4-17(22)11-15/h2-6,11-12,14H,7-10,13H2,1H3. The molecule has 0 N–H and O–H groups in total. The number of piperidine rings is 1. The Kier molecular flexibility index (Phi) is 6.07. The van der Waals surface area contributed by atoms with Crippen molar-refractivity contribution in [1.29, 1.82) is 0 Å². The molecular weight excluding hydrogens is 401 g/mol. The molecule has 0 aromatic heterocycles. The zero-order valence-corrected chi connectivity index (χ0v) is 16.6. The normalized spacial score (nSPS) is 15.2. The fourth-order valence-corrected chi connectivity index (χ4v) is 3.67. The van der Waals surface area contributed by atoms with Crippen LogP contribution >= 0.6 is 28.1 Å². The van der Waals surface area contributed by atoms with Gasteiger partial charge in [-0.3, -0.25) is 0 Å². The first-order valence-corrected chi connectivity index (χ1v) is 9.69. The number of likely N-dealkylation sites (tertiary alicyclic amines) is 1. The van der Waals surface area contributed by atoms with Gasteiger partial charge in [-0.25, -0.2) is 4.39 Å². The monoisotopic (exact) mass is 421 g/mol. The quantitative estimate of drug-likeness (QED) is 0.598. The Morgan fingerprint density at radius 1 is 1.24 bits per heavy atom. The average Bonchev–Trinajstić information content (AvgIpc) is 2.61. The van der Waals surface area contributed by atoms with Crippen LogP contribution in [0, 0.1) is 11.7 Å². The second-order valence-corrected chi connectivity index (χ2v) is 7.84. The van der Waals surface area contributed by atoms with Gasteiger partial charge in [0, 0.05) is 17.6 Å². The lowest BCUT2D eigenvalue weighted by molar-refractivity contribution is 0.281. The zero-order valence-electron chi connectivity index (χ0n) is 14.2. The minimum Gasteiger partial charge on any atom is -0.488 e. The summed E-state index contributed by atoms with van der Waals surface area (Å²) in [5.41, 5.74) is 1.71. The molecule has 5 heteroatoms. The van der Waals surface area contributed by atoms with Crippen LogP contribution in [0.3, 0.4) is 0 Å². The summed E-state index contributed by atoms with van der Waals surface area (Å²) in [4.78, 5) is 3.08. The molecule has 0 unspecified atom stereocenters. The highest BCUT2D eigenvalue weighted by Crippen LogP contribution is 2.28. The van der Waals surface area contributed by atoms with Crippen LogP contribution in [0.1, 0.15) is 30.9 Å². The molecule has 2 aromatic carbocycles. The lowest BCUT2D eigenvalue weighted by Gasteiger charge is -2.33. The molecule has 2 aromatic rings. The predicted octanol–water partition coefficient (Wildman–Crippen LogP) is 5.57. The van der Waals surface area contributed by atoms with Crippen LogP contribution < -0.4 is 4.74 Å². The van der Waals surface area contributed by atoms with Crippen molar-refractivity contribution in [3.63, 3.8) is 0 Å². The van der Waals surface area contributed by atoms with E-state index in [1.165, 1.54) is 12.1 Å². The smallest absolute Gasteiger partial charge is 0.130 e. The molecule has 0 amide bonds. The van der Waals surface area contributed by atoms with Crippen molar-refractivity contribution in [2.24, 2.45) is 5.92 Å². The summed E-state index contributed by atoms with van der Waals surface area (Å²) in [6, 6.07) is 12.3. The lowest BCUT2D eigenvalue weighted by Crippen LogP contribution is -2.37. The number of nitrogens with zero attached hydrogens (tertiary/aromatic N) is 1. The molecule has 0 bridgehead atoms. The number of ether oxygens (including phenoxy) is 1. The van der Waals surface area contributed by atoms with Crippen LogP contribution in [0.4, 0.5) is 4.39 Å². The maximum atomic E-state index is 13.3. The number of halogens is 2. The Morgan fingerprint density at radius 3 is 2.72 bits per heavy atom. The van der Waals surface area contributed by atoms with Crippen molar-refractivity contribution < 1.29 is 9.13 Å². The van der Waals surface area contributed by atoms with Crippen LogP contribution in [0.15, 0.2) is 46.9 Å². The minimum atomic E-state index is -0.255. The van der Waals surface area contributed by atoms with Gasteiger partial charge in [0.05, 0.1) is 5.56 Å². The fraction of sp³-hybridized carbons (Fsp3) is 0.350. The molecule has 0 aliphatic carbocycles. The molecule has 1 heterocycles. The molecule has 1 fully saturated rings. The summed E-state index contributed by atoms with van der Waals surface area (Å²) in [6.45, 7) is 4.56. The highest BCUT2D eigenvalue weighted by Gasteiger charge is 2.21. The molecular formula is C20H21BrFNOS. The Bertz CT molecular complexity index is 759. The fourth-order valence-electron chi connectivity index (χ4n) is 2.97. The van der Waals surface area contributed by atoms with Gasteiger partial charge >= 0.3 is 0 Å². The predicted molar refractivity (Wildman–Crippen MR) is 107 cm³/mol. The second-order valence-electron chi connectivity index (χ2n) is 6.53. The van der Waals surface area contributed by atoms with Gasteiger partial charge in [-0.1, -0.05) is 47.2 Å². The van der Waals surface area contributed by atoms with E-state index in [0.717, 1.165) is 58.2 Å². The number of rotatable bonds is 4. The number of hydrogen-bond donors (Lipinski definition) is 0. The Hall–Kier alpha value is -1.46. The zero-order chi connectivity index (χ0) is 17.8. The summed E-state index contributed by atoms with van der Waals surface area (Å²) in [5.74, 6) is 1.23. The highest BCUT2D eigenvalue weighted by molar-refractivity contribution is 9.10. The molecule has 0 saturated carbocycles.